The number of anilines is 1. The van der Waals surface area contributed by atoms with Crippen molar-refractivity contribution in [3.8, 4) is 11.5 Å². The van der Waals surface area contributed by atoms with E-state index in [4.69, 9.17) is 9.47 Å². The maximum absolute atomic E-state index is 12.3. The van der Waals surface area contributed by atoms with Crippen LogP contribution in [0.5, 0.6) is 11.5 Å². The van der Waals surface area contributed by atoms with Gasteiger partial charge in [-0.25, -0.2) is 9.59 Å². The molecule has 1 amide bonds. The van der Waals surface area contributed by atoms with Crippen LogP contribution in [-0.2, 0) is 14.3 Å². The summed E-state index contributed by atoms with van der Waals surface area (Å²) in [6.45, 7) is 0. The highest BCUT2D eigenvalue weighted by Crippen LogP contribution is 2.31. The molecule has 0 spiro atoms. The molecular formula is C20H21NO7S. The quantitative estimate of drug-likeness (QED) is 0.515. The summed E-state index contributed by atoms with van der Waals surface area (Å²) in [6.07, 6.45) is 0. The molecular weight excluding hydrogens is 398 g/mol. The Hall–Kier alpha value is -3.20. The van der Waals surface area contributed by atoms with E-state index >= 15 is 0 Å². The number of benzene rings is 2. The lowest BCUT2D eigenvalue weighted by molar-refractivity contribution is -0.113. The molecule has 0 saturated carbocycles. The number of thioether (sulfide) groups is 1. The van der Waals surface area contributed by atoms with Crippen LogP contribution in [0.2, 0.25) is 0 Å². The number of carbonyl (C=O) groups excluding carboxylic acids is 3. The standard InChI is InChI=1S/C20H21NO7S/c1-25-16-6-5-15(10-17(16)26-2)29-11-18(22)21-14-8-12(19(23)27-3)7-13(9-14)20(24)28-4/h5-10H,11H2,1-4H3,(H,21,22). The lowest BCUT2D eigenvalue weighted by Crippen LogP contribution is -2.16. The van der Waals surface area contributed by atoms with Crippen LogP contribution in [0, 0.1) is 0 Å². The van der Waals surface area contributed by atoms with Crippen LogP contribution in [0.1, 0.15) is 20.7 Å². The number of rotatable bonds is 8. The van der Waals surface area contributed by atoms with Gasteiger partial charge in [-0.05, 0) is 36.4 Å². The molecule has 0 atom stereocenters. The van der Waals surface area contributed by atoms with Gasteiger partial charge in [0.2, 0.25) is 5.91 Å². The predicted molar refractivity (Wildman–Crippen MR) is 108 cm³/mol. The summed E-state index contributed by atoms with van der Waals surface area (Å²) in [6, 6.07) is 9.53. The molecule has 154 valence electrons. The first-order valence-electron chi connectivity index (χ1n) is 8.38. The van der Waals surface area contributed by atoms with Gasteiger partial charge in [-0.2, -0.15) is 0 Å². The van der Waals surface area contributed by atoms with Crippen molar-refractivity contribution in [1.82, 2.24) is 0 Å². The zero-order valence-electron chi connectivity index (χ0n) is 16.4. The third-order valence-electron chi connectivity index (χ3n) is 3.78. The monoisotopic (exact) mass is 419 g/mol. The molecule has 8 nitrogen and oxygen atoms in total. The van der Waals surface area contributed by atoms with Crippen molar-refractivity contribution in [2.45, 2.75) is 4.90 Å². The Morgan fingerprint density at radius 3 is 1.93 bits per heavy atom. The van der Waals surface area contributed by atoms with Crippen molar-refractivity contribution >= 4 is 35.3 Å². The number of amides is 1. The minimum atomic E-state index is -0.633. The number of nitrogens with one attached hydrogen (secondary N) is 1. The third kappa shape index (κ3) is 5.89. The topological polar surface area (TPSA) is 100 Å². The molecule has 0 aliphatic heterocycles. The largest absolute Gasteiger partial charge is 0.493 e. The van der Waals surface area contributed by atoms with Crippen molar-refractivity contribution in [2.75, 3.05) is 39.5 Å². The lowest BCUT2D eigenvalue weighted by Gasteiger charge is -2.11. The summed E-state index contributed by atoms with van der Waals surface area (Å²) < 4.78 is 19.8. The molecule has 0 heterocycles. The number of ether oxygens (including phenoxy) is 4. The van der Waals surface area contributed by atoms with Gasteiger partial charge in [0, 0.05) is 10.6 Å². The highest BCUT2D eigenvalue weighted by atomic mass is 32.2. The second-order valence-electron chi connectivity index (χ2n) is 5.64. The van der Waals surface area contributed by atoms with Gasteiger partial charge < -0.3 is 24.3 Å². The van der Waals surface area contributed by atoms with Crippen molar-refractivity contribution in [3.63, 3.8) is 0 Å². The van der Waals surface area contributed by atoms with Crippen molar-refractivity contribution in [3.05, 3.63) is 47.5 Å². The summed E-state index contributed by atoms with van der Waals surface area (Å²) in [5.41, 5.74) is 0.530. The average molecular weight is 419 g/mol. The number of carbonyl (C=O) groups is 3. The summed E-state index contributed by atoms with van der Waals surface area (Å²) in [5, 5.41) is 2.67. The molecule has 0 unspecified atom stereocenters. The van der Waals surface area contributed by atoms with Crippen LogP contribution in [0.15, 0.2) is 41.3 Å². The molecule has 9 heteroatoms. The second kappa shape index (κ2) is 10.4. The Bertz CT molecular complexity index is 879. The molecule has 0 fully saturated rings. The molecule has 0 radical (unpaired) electrons. The molecule has 0 bridgehead atoms. The number of hydrogen-bond acceptors (Lipinski definition) is 8. The molecule has 0 saturated heterocycles. The average Bonchev–Trinajstić information content (AvgIpc) is 2.75. The van der Waals surface area contributed by atoms with Gasteiger partial charge in [0.05, 0.1) is 45.3 Å². The van der Waals surface area contributed by atoms with E-state index in [2.05, 4.69) is 14.8 Å². The van der Waals surface area contributed by atoms with E-state index in [0.29, 0.717) is 11.5 Å². The molecule has 0 aliphatic carbocycles. The van der Waals surface area contributed by atoms with Crippen molar-refractivity contribution in [2.24, 2.45) is 0 Å². The number of methoxy groups -OCH3 is 4. The maximum Gasteiger partial charge on any atom is 0.337 e. The first kappa shape index (κ1) is 22.1. The van der Waals surface area contributed by atoms with E-state index in [-0.39, 0.29) is 28.5 Å². The molecule has 1 N–H and O–H groups in total. The third-order valence-corrected chi connectivity index (χ3v) is 4.78. The van der Waals surface area contributed by atoms with Gasteiger partial charge in [0.15, 0.2) is 11.5 Å². The summed E-state index contributed by atoms with van der Waals surface area (Å²) >= 11 is 1.30. The fraction of sp³-hybridized carbons (Fsp3) is 0.250. The molecule has 0 aliphatic rings. The normalized spacial score (nSPS) is 10.1. The van der Waals surface area contributed by atoms with Crippen LogP contribution >= 0.6 is 11.8 Å². The Balaban J connectivity index is 2.11. The van der Waals surface area contributed by atoms with Gasteiger partial charge >= 0.3 is 11.9 Å². The number of hydrogen-bond donors (Lipinski definition) is 1. The molecule has 2 aromatic carbocycles. The van der Waals surface area contributed by atoms with Gasteiger partial charge in [-0.1, -0.05) is 0 Å². The minimum absolute atomic E-state index is 0.103. The van der Waals surface area contributed by atoms with E-state index in [0.717, 1.165) is 4.90 Å². The Kier molecular flexibility index (Phi) is 7.90. The first-order chi connectivity index (χ1) is 13.9. The SMILES string of the molecule is COC(=O)c1cc(NC(=O)CSc2ccc(OC)c(OC)c2)cc(C(=O)OC)c1. The molecule has 29 heavy (non-hydrogen) atoms. The summed E-state index contributed by atoms with van der Waals surface area (Å²) in [7, 11) is 5.53. The second-order valence-corrected chi connectivity index (χ2v) is 6.68. The van der Waals surface area contributed by atoms with E-state index in [1.807, 2.05) is 6.07 Å². The minimum Gasteiger partial charge on any atom is -0.493 e. The van der Waals surface area contributed by atoms with Gasteiger partial charge in [0.25, 0.3) is 0 Å². The summed E-state index contributed by atoms with van der Waals surface area (Å²) in [5.74, 6) is -0.326. The smallest absolute Gasteiger partial charge is 0.337 e. The predicted octanol–water partition coefficient (Wildman–Crippen LogP) is 3.01. The van der Waals surface area contributed by atoms with E-state index in [1.54, 1.807) is 19.2 Å². The zero-order valence-corrected chi connectivity index (χ0v) is 17.3. The van der Waals surface area contributed by atoms with Gasteiger partial charge in [0.1, 0.15) is 0 Å². The molecule has 0 aromatic heterocycles. The highest BCUT2D eigenvalue weighted by Gasteiger charge is 2.15. The Morgan fingerprint density at radius 1 is 0.828 bits per heavy atom. The van der Waals surface area contributed by atoms with Crippen molar-refractivity contribution in [1.29, 1.82) is 0 Å². The first-order valence-corrected chi connectivity index (χ1v) is 9.36. The number of esters is 2. The van der Waals surface area contributed by atoms with Crippen LogP contribution in [0.3, 0.4) is 0 Å². The zero-order chi connectivity index (χ0) is 21.4. The van der Waals surface area contributed by atoms with Crippen LogP contribution in [0.25, 0.3) is 0 Å². The lowest BCUT2D eigenvalue weighted by atomic mass is 10.1. The fourth-order valence-electron chi connectivity index (χ4n) is 2.42. The van der Waals surface area contributed by atoms with E-state index in [1.165, 1.54) is 51.3 Å². The van der Waals surface area contributed by atoms with Crippen LogP contribution in [0.4, 0.5) is 5.69 Å². The molecule has 2 aromatic rings. The van der Waals surface area contributed by atoms with Crippen molar-refractivity contribution < 1.29 is 33.3 Å². The maximum atomic E-state index is 12.3. The van der Waals surface area contributed by atoms with Gasteiger partial charge in [-0.3, -0.25) is 4.79 Å². The molecule has 2 rings (SSSR count). The highest BCUT2D eigenvalue weighted by molar-refractivity contribution is 8.00. The fourth-order valence-corrected chi connectivity index (χ4v) is 3.15. The Morgan fingerprint density at radius 2 is 1.41 bits per heavy atom. The summed E-state index contributed by atoms with van der Waals surface area (Å²) in [4.78, 5) is 36.8. The Labute approximate surface area is 172 Å². The van der Waals surface area contributed by atoms with E-state index in [9.17, 15) is 14.4 Å². The van der Waals surface area contributed by atoms with Gasteiger partial charge in [-0.15, -0.1) is 11.8 Å². The van der Waals surface area contributed by atoms with Crippen LogP contribution < -0.4 is 14.8 Å². The van der Waals surface area contributed by atoms with Crippen LogP contribution in [-0.4, -0.2) is 52.0 Å². The van der Waals surface area contributed by atoms with E-state index < -0.39 is 11.9 Å².